The average molecular weight is 346 g/mol. The van der Waals surface area contributed by atoms with Crippen LogP contribution in [0.25, 0.3) is 0 Å². The van der Waals surface area contributed by atoms with E-state index in [-0.39, 0.29) is 6.61 Å². The first-order chi connectivity index (χ1) is 10.1. The van der Waals surface area contributed by atoms with Crippen molar-refractivity contribution in [2.75, 3.05) is 6.61 Å². The third kappa shape index (κ3) is 13.3. The summed E-state index contributed by atoms with van der Waals surface area (Å²) in [5, 5.41) is 8.18. The molecule has 0 amide bonds. The van der Waals surface area contributed by atoms with E-state index in [1.165, 1.54) is 13.0 Å². The zero-order valence-corrected chi connectivity index (χ0v) is 16.3. The number of hydrogen-bond acceptors (Lipinski definition) is 5. The van der Waals surface area contributed by atoms with Crippen molar-refractivity contribution in [2.45, 2.75) is 42.5 Å². The molecular formula is C13H23NaO7S. The summed E-state index contributed by atoms with van der Waals surface area (Å²) in [7, 11) is -3.72. The number of rotatable bonds is 8. The van der Waals surface area contributed by atoms with Crippen LogP contribution in [0.5, 0.6) is 0 Å². The van der Waals surface area contributed by atoms with Gasteiger partial charge in [-0.2, -0.15) is 0 Å². The van der Waals surface area contributed by atoms with E-state index in [2.05, 4.69) is 0 Å². The Kier molecular flexibility index (Phi) is 14.2. The van der Waals surface area contributed by atoms with Crippen molar-refractivity contribution in [2.24, 2.45) is 5.92 Å². The fourth-order valence-electron chi connectivity index (χ4n) is 1.20. The topological polar surface area (TPSA) is 118 Å². The molecule has 2 atom stereocenters. The summed E-state index contributed by atoms with van der Waals surface area (Å²) in [6, 6.07) is 0. The number of carbonyl (C=O) groups is 2. The fourth-order valence-corrected chi connectivity index (χ4v) is 2.89. The predicted molar refractivity (Wildman–Crippen MR) is 83.4 cm³/mol. The summed E-state index contributed by atoms with van der Waals surface area (Å²) >= 11 is 0.814. The van der Waals surface area contributed by atoms with Gasteiger partial charge >= 0.3 is 78.8 Å². The fraction of sp³-hybridized carbons (Fsp3) is 0.692. The van der Waals surface area contributed by atoms with E-state index in [9.17, 15) is 18.0 Å². The maximum atomic E-state index is 10.9. The van der Waals surface area contributed by atoms with Gasteiger partial charge in [0.1, 0.15) is 6.61 Å². The summed E-state index contributed by atoms with van der Waals surface area (Å²) in [6.07, 6.45) is 4.11. The van der Waals surface area contributed by atoms with Crippen molar-refractivity contribution >= 4 is 50.0 Å². The molecule has 2 N–H and O–H groups in total. The van der Waals surface area contributed by atoms with Gasteiger partial charge in [-0.15, -0.1) is 0 Å². The molecule has 0 radical (unpaired) electrons. The van der Waals surface area contributed by atoms with E-state index in [1.54, 1.807) is 13.0 Å². The minimum atomic E-state index is -3.72. The molecule has 0 aromatic carbocycles. The zero-order chi connectivity index (χ0) is 17.8. The molecule has 0 rings (SSSR count). The average Bonchev–Trinajstić information content (AvgIpc) is 2.42. The molecule has 7 nitrogen and oxygen atoms in total. The van der Waals surface area contributed by atoms with Gasteiger partial charge in [-0.3, -0.25) is 4.79 Å². The molecule has 0 saturated carbocycles. The molecule has 0 aromatic rings. The second kappa shape index (κ2) is 13.1. The third-order valence-electron chi connectivity index (χ3n) is 2.80. The normalized spacial score (nSPS) is 13.9. The molecule has 0 aliphatic rings. The molecule has 0 aliphatic carbocycles. The summed E-state index contributed by atoms with van der Waals surface area (Å²) in [4.78, 5) is 21.5. The van der Waals surface area contributed by atoms with Crippen LogP contribution in [0.2, 0.25) is 3.67 Å². The van der Waals surface area contributed by atoms with Crippen LogP contribution in [0.1, 0.15) is 33.6 Å². The Morgan fingerprint density at radius 2 is 1.91 bits per heavy atom. The van der Waals surface area contributed by atoms with E-state index < -0.39 is 33.2 Å². The Morgan fingerprint density at radius 3 is 2.18 bits per heavy atom. The van der Waals surface area contributed by atoms with Crippen LogP contribution in [0, 0.1) is 5.92 Å². The number of carbonyl (C=O) groups excluding carboxylic acids is 1. The molecule has 9 heteroatoms. The summed E-state index contributed by atoms with van der Waals surface area (Å²) in [6.45, 7) is 5.04. The van der Waals surface area contributed by atoms with E-state index in [0.29, 0.717) is 10.1 Å². The van der Waals surface area contributed by atoms with Crippen molar-refractivity contribution in [3.63, 3.8) is 0 Å². The van der Waals surface area contributed by atoms with Crippen LogP contribution < -0.4 is 0 Å². The van der Waals surface area contributed by atoms with Crippen molar-refractivity contribution in [1.29, 1.82) is 0 Å². The van der Waals surface area contributed by atoms with Crippen molar-refractivity contribution < 1.29 is 32.4 Å². The first-order valence-electron chi connectivity index (χ1n) is 7.08. The molecule has 2 unspecified atom stereocenters. The van der Waals surface area contributed by atoms with E-state index >= 15 is 0 Å². The molecule has 0 bridgehead atoms. The summed E-state index contributed by atoms with van der Waals surface area (Å²) < 4.78 is 33.9. The number of ether oxygens (including phenoxy) is 1. The smallest absolute Gasteiger partial charge is 0.330 e. The predicted octanol–water partition coefficient (Wildman–Crippen LogP) is 1.46. The van der Waals surface area contributed by atoms with E-state index in [4.69, 9.17) is 14.4 Å². The SMILES string of the molecule is CC([CH2][Na])S(=O)(=O)O.CC=CC(=O)OCC(CCC)C(=O)O. The van der Waals surface area contributed by atoms with Gasteiger partial charge < -0.3 is 9.84 Å². The van der Waals surface area contributed by atoms with Gasteiger partial charge in [-0.25, -0.2) is 4.79 Å². The van der Waals surface area contributed by atoms with Crippen molar-refractivity contribution in [1.82, 2.24) is 0 Å². The molecular weight excluding hydrogens is 323 g/mol. The number of allylic oxidation sites excluding steroid dienone is 1. The maximum absolute atomic E-state index is 10.9. The zero-order valence-electron chi connectivity index (χ0n) is 13.5. The van der Waals surface area contributed by atoms with Crippen molar-refractivity contribution in [3.05, 3.63) is 12.2 Å². The van der Waals surface area contributed by atoms with Gasteiger partial charge in [-0.05, 0) is 13.3 Å². The molecule has 0 spiro atoms. The molecule has 22 heavy (non-hydrogen) atoms. The number of aliphatic carboxylic acids is 1. The Balaban J connectivity index is 0. The molecule has 0 saturated heterocycles. The molecule has 0 aliphatic heterocycles. The second-order valence-electron chi connectivity index (χ2n) is 4.69. The van der Waals surface area contributed by atoms with Gasteiger partial charge in [0, 0.05) is 6.08 Å². The molecule has 124 valence electrons. The number of hydrogen-bond donors (Lipinski definition) is 2. The quantitative estimate of drug-likeness (QED) is 0.295. The van der Waals surface area contributed by atoms with E-state index in [1.807, 2.05) is 6.92 Å². The monoisotopic (exact) mass is 346 g/mol. The maximum Gasteiger partial charge on any atom is 0.330 e. The Bertz CT molecular complexity index is 459. The Morgan fingerprint density at radius 1 is 1.36 bits per heavy atom. The standard InChI is InChI=1S/C10H16O4.C3H7O3S.Na/c1-3-5-8(10(12)13)7-14-9(11)6-4-2;1-3(2)7(4,5)6;/h4,6,8H,3,5,7H2,1-2H3,(H,12,13);3H,1H2,2H3,(H,4,5,6);. The minimum Gasteiger partial charge on any atom is -0.481 e. The van der Waals surface area contributed by atoms with Crippen LogP contribution in [0.15, 0.2) is 12.2 Å². The molecule has 0 aromatic heterocycles. The molecule has 0 heterocycles. The van der Waals surface area contributed by atoms with Crippen LogP contribution in [0.4, 0.5) is 0 Å². The molecule has 0 fully saturated rings. The first kappa shape index (κ1) is 23.9. The van der Waals surface area contributed by atoms with Crippen molar-refractivity contribution in [3.8, 4) is 0 Å². The van der Waals surface area contributed by atoms with Gasteiger partial charge in [0.2, 0.25) is 0 Å². The van der Waals surface area contributed by atoms with E-state index in [0.717, 1.165) is 34.4 Å². The van der Waals surface area contributed by atoms with Gasteiger partial charge in [0.15, 0.2) is 0 Å². The summed E-state index contributed by atoms with van der Waals surface area (Å²) in [5.41, 5.74) is 0. The van der Waals surface area contributed by atoms with Gasteiger partial charge in [-0.1, -0.05) is 19.4 Å². The Hall–Kier alpha value is -0.410. The second-order valence-corrected chi connectivity index (χ2v) is 7.34. The number of esters is 1. The largest absolute Gasteiger partial charge is 0.481 e. The van der Waals surface area contributed by atoms with Gasteiger partial charge in [0.05, 0.1) is 5.92 Å². The Labute approximate surface area is 149 Å². The third-order valence-corrected chi connectivity index (χ3v) is 5.97. The number of carboxylic acids is 1. The number of carboxylic acid groups (broad SMARTS) is 1. The first-order valence-corrected chi connectivity index (χ1v) is 10.00. The van der Waals surface area contributed by atoms with Crippen LogP contribution in [0.3, 0.4) is 0 Å². The van der Waals surface area contributed by atoms with Crippen LogP contribution >= 0.6 is 0 Å². The van der Waals surface area contributed by atoms with Gasteiger partial charge in [0.25, 0.3) is 0 Å². The van der Waals surface area contributed by atoms with Crippen LogP contribution in [-0.2, 0) is 24.4 Å². The van der Waals surface area contributed by atoms with Crippen LogP contribution in [-0.4, -0.2) is 69.8 Å². The minimum absolute atomic E-state index is 0.0493. The summed E-state index contributed by atoms with van der Waals surface area (Å²) in [5.74, 6) is -2.00.